The molecule has 0 unspecified atom stereocenters. The molecule has 6 heteroatoms. The van der Waals surface area contributed by atoms with E-state index in [9.17, 15) is 8.78 Å². The largest absolute Gasteiger partial charge is 0.284 e. The maximum Gasteiger partial charge on any atom is 0.188 e. The summed E-state index contributed by atoms with van der Waals surface area (Å²) in [6.45, 7) is 0. The molecule has 0 radical (unpaired) electrons. The van der Waals surface area contributed by atoms with Gasteiger partial charge in [-0.2, -0.15) is 13.9 Å². The van der Waals surface area contributed by atoms with Gasteiger partial charge in [-0.3, -0.25) is 5.10 Å². The highest BCUT2D eigenvalue weighted by molar-refractivity contribution is 7.09. The van der Waals surface area contributed by atoms with Gasteiger partial charge in [0, 0.05) is 6.20 Å². The fraction of sp³-hybridized carbons (Fsp3) is 0. The third-order valence-corrected chi connectivity index (χ3v) is 2.51. The van der Waals surface area contributed by atoms with Gasteiger partial charge in [-0.25, -0.2) is 0 Å². The molecule has 2 heterocycles. The van der Waals surface area contributed by atoms with Gasteiger partial charge in [0.15, 0.2) is 10.3 Å². The average molecular weight is 221 g/mol. The third kappa shape index (κ3) is 1.45. The highest BCUT2D eigenvalue weighted by Crippen LogP contribution is 2.31. The highest BCUT2D eigenvalue weighted by atomic mass is 35.5. The Kier molecular flexibility index (Phi) is 2.05. The van der Waals surface area contributed by atoms with Crippen LogP contribution in [-0.2, 0) is 0 Å². The Morgan fingerprint density at radius 2 is 2.23 bits per heavy atom. The van der Waals surface area contributed by atoms with Crippen molar-refractivity contribution in [2.24, 2.45) is 0 Å². The van der Waals surface area contributed by atoms with Crippen LogP contribution < -0.4 is 0 Å². The minimum Gasteiger partial charge on any atom is -0.284 e. The van der Waals surface area contributed by atoms with Crippen molar-refractivity contribution in [1.29, 1.82) is 0 Å². The molecule has 68 valence electrons. The number of halogens is 3. The lowest BCUT2D eigenvalue weighted by Crippen LogP contribution is -1.78. The van der Waals surface area contributed by atoms with E-state index >= 15 is 0 Å². The molecule has 0 aliphatic rings. The molecule has 2 aromatic heterocycles. The normalized spacial score (nSPS) is 10.7. The zero-order chi connectivity index (χ0) is 9.42. The SMILES string of the molecule is Fc1cc(-c2n[nH]cc2Cl)c(F)s1. The van der Waals surface area contributed by atoms with E-state index < -0.39 is 10.3 Å². The Labute approximate surface area is 81.2 Å². The van der Waals surface area contributed by atoms with Crippen molar-refractivity contribution in [2.45, 2.75) is 0 Å². The third-order valence-electron chi connectivity index (χ3n) is 1.51. The summed E-state index contributed by atoms with van der Waals surface area (Å²) in [6, 6.07) is 1.07. The monoisotopic (exact) mass is 220 g/mol. The van der Waals surface area contributed by atoms with Crippen molar-refractivity contribution in [2.75, 3.05) is 0 Å². The van der Waals surface area contributed by atoms with E-state index in [1.54, 1.807) is 0 Å². The summed E-state index contributed by atoms with van der Waals surface area (Å²) in [5.74, 6) is 0. The van der Waals surface area contributed by atoms with Gasteiger partial charge in [-0.05, 0) is 6.07 Å². The smallest absolute Gasteiger partial charge is 0.188 e. The zero-order valence-corrected chi connectivity index (χ0v) is 7.72. The molecule has 0 spiro atoms. The molecule has 1 N–H and O–H groups in total. The van der Waals surface area contributed by atoms with Crippen LogP contribution in [0.5, 0.6) is 0 Å². The van der Waals surface area contributed by atoms with Crippen molar-refractivity contribution in [3.63, 3.8) is 0 Å². The quantitative estimate of drug-likeness (QED) is 0.786. The Balaban J connectivity index is 2.58. The molecule has 13 heavy (non-hydrogen) atoms. The molecule has 0 aliphatic heterocycles. The topological polar surface area (TPSA) is 28.7 Å². The molecule has 0 aliphatic carbocycles. The maximum atomic E-state index is 13.0. The lowest BCUT2D eigenvalue weighted by molar-refractivity contribution is 0.653. The van der Waals surface area contributed by atoms with E-state index in [2.05, 4.69) is 10.2 Å². The van der Waals surface area contributed by atoms with Crippen molar-refractivity contribution >= 4 is 22.9 Å². The van der Waals surface area contributed by atoms with Gasteiger partial charge in [-0.15, -0.1) is 0 Å². The second-order valence-corrected chi connectivity index (χ2v) is 3.68. The maximum absolute atomic E-state index is 13.0. The van der Waals surface area contributed by atoms with Gasteiger partial charge in [0.2, 0.25) is 0 Å². The number of nitrogens with one attached hydrogen (secondary N) is 1. The molecule has 0 saturated carbocycles. The predicted molar refractivity (Wildman–Crippen MR) is 46.8 cm³/mol. The Morgan fingerprint density at radius 3 is 2.69 bits per heavy atom. The second kappa shape index (κ2) is 3.08. The summed E-state index contributed by atoms with van der Waals surface area (Å²) >= 11 is 6.11. The van der Waals surface area contributed by atoms with Gasteiger partial charge in [0.1, 0.15) is 5.69 Å². The second-order valence-electron chi connectivity index (χ2n) is 2.32. The van der Waals surface area contributed by atoms with Gasteiger partial charge < -0.3 is 0 Å². The number of rotatable bonds is 1. The number of hydrogen-bond donors (Lipinski definition) is 1. The molecule has 0 atom stereocenters. The molecular weight excluding hydrogens is 218 g/mol. The van der Waals surface area contributed by atoms with Gasteiger partial charge >= 0.3 is 0 Å². The molecule has 2 nitrogen and oxygen atoms in total. The van der Waals surface area contributed by atoms with Crippen molar-refractivity contribution < 1.29 is 8.78 Å². The number of nitrogens with zero attached hydrogens (tertiary/aromatic N) is 1. The van der Waals surface area contributed by atoms with Crippen LogP contribution in [0.25, 0.3) is 11.3 Å². The average Bonchev–Trinajstić information content (AvgIpc) is 2.58. The van der Waals surface area contributed by atoms with E-state index in [1.807, 2.05) is 0 Å². The summed E-state index contributed by atoms with van der Waals surface area (Å²) in [6.07, 6.45) is 1.41. The van der Waals surface area contributed by atoms with E-state index in [4.69, 9.17) is 11.6 Å². The summed E-state index contributed by atoms with van der Waals surface area (Å²) in [4.78, 5) is 0. The van der Waals surface area contributed by atoms with Gasteiger partial charge in [0.05, 0.1) is 10.6 Å². The predicted octanol–water partition coefficient (Wildman–Crippen LogP) is 3.07. The van der Waals surface area contributed by atoms with Crippen molar-refractivity contribution in [3.05, 3.63) is 27.5 Å². The fourth-order valence-electron chi connectivity index (χ4n) is 0.966. The van der Waals surface area contributed by atoms with Crippen LogP contribution in [0, 0.1) is 10.3 Å². The summed E-state index contributed by atoms with van der Waals surface area (Å²) in [7, 11) is 0. The van der Waals surface area contributed by atoms with Crippen LogP contribution in [0.4, 0.5) is 8.78 Å². The minimum absolute atomic E-state index is 0.0914. The number of aromatic nitrogens is 2. The summed E-state index contributed by atoms with van der Waals surface area (Å²) < 4.78 is 25.6. The van der Waals surface area contributed by atoms with Gasteiger partial charge in [-0.1, -0.05) is 22.9 Å². The van der Waals surface area contributed by atoms with Crippen molar-refractivity contribution in [1.82, 2.24) is 10.2 Å². The van der Waals surface area contributed by atoms with Crippen LogP contribution in [0.2, 0.25) is 5.02 Å². The lowest BCUT2D eigenvalue weighted by atomic mass is 10.2. The Bertz CT molecular complexity index is 437. The minimum atomic E-state index is -0.619. The van der Waals surface area contributed by atoms with Gasteiger partial charge in [0.25, 0.3) is 0 Å². The highest BCUT2D eigenvalue weighted by Gasteiger charge is 2.15. The number of thiophene rings is 1. The van der Waals surface area contributed by atoms with Crippen LogP contribution in [0.15, 0.2) is 12.3 Å². The molecule has 0 fully saturated rings. The zero-order valence-electron chi connectivity index (χ0n) is 6.14. The summed E-state index contributed by atoms with van der Waals surface area (Å²) in [5, 5.41) is 5.23. The first-order valence-corrected chi connectivity index (χ1v) is 4.52. The Morgan fingerprint density at radius 1 is 1.46 bits per heavy atom. The van der Waals surface area contributed by atoms with Crippen LogP contribution in [-0.4, -0.2) is 10.2 Å². The van der Waals surface area contributed by atoms with Crippen molar-refractivity contribution in [3.8, 4) is 11.3 Å². The van der Waals surface area contributed by atoms with Crippen LogP contribution >= 0.6 is 22.9 Å². The first-order valence-electron chi connectivity index (χ1n) is 3.33. The lowest BCUT2D eigenvalue weighted by Gasteiger charge is -1.90. The van der Waals surface area contributed by atoms with Crippen LogP contribution in [0.3, 0.4) is 0 Å². The molecule has 2 aromatic rings. The molecule has 0 saturated heterocycles. The number of hydrogen-bond acceptors (Lipinski definition) is 2. The molecule has 0 bridgehead atoms. The van der Waals surface area contributed by atoms with E-state index in [1.165, 1.54) is 6.20 Å². The molecular formula is C7H3ClF2N2S. The van der Waals surface area contributed by atoms with Crippen LogP contribution in [0.1, 0.15) is 0 Å². The Hall–Kier alpha value is -0.940. The first-order chi connectivity index (χ1) is 6.18. The molecule has 0 amide bonds. The molecule has 2 rings (SSSR count). The van der Waals surface area contributed by atoms with E-state index in [-0.39, 0.29) is 16.3 Å². The first kappa shape index (κ1) is 8.65. The van der Waals surface area contributed by atoms with E-state index in [0.29, 0.717) is 11.3 Å². The fourth-order valence-corrected chi connectivity index (χ4v) is 1.77. The molecule has 0 aromatic carbocycles. The summed E-state index contributed by atoms with van der Waals surface area (Å²) in [5.41, 5.74) is 0.327. The number of H-pyrrole nitrogens is 1. The number of aromatic amines is 1. The van der Waals surface area contributed by atoms with E-state index in [0.717, 1.165) is 6.07 Å². The standard InChI is InChI=1S/C7H3ClF2N2S/c8-4-2-11-12-6(4)3-1-5(9)13-7(3)10/h1-2H,(H,11,12).